The summed E-state index contributed by atoms with van der Waals surface area (Å²) in [5.74, 6) is -1.51. The minimum atomic E-state index is -0.736. The number of carbonyl (C=O) groups excluding carboxylic acids is 3. The summed E-state index contributed by atoms with van der Waals surface area (Å²) in [5, 5.41) is 28.4. The van der Waals surface area contributed by atoms with Crippen molar-refractivity contribution in [1.82, 2.24) is 10.2 Å². The van der Waals surface area contributed by atoms with Crippen LogP contribution in [-0.4, -0.2) is 108 Å². The Bertz CT molecular complexity index is 2560. The Morgan fingerprint density at radius 1 is 0.943 bits per heavy atom. The van der Waals surface area contributed by atoms with E-state index in [9.17, 15) is 24.6 Å². The summed E-state index contributed by atoms with van der Waals surface area (Å²) in [7, 11) is 2.15. The van der Waals surface area contributed by atoms with E-state index in [2.05, 4.69) is 121 Å². The number of phenolic OH excluding ortho intramolecular Hbond substituents is 2. The first kappa shape index (κ1) is 51.4. The van der Waals surface area contributed by atoms with Gasteiger partial charge in [-0.3, -0.25) is 9.59 Å². The number of cyclic esters (lactones) is 1. The number of piperidine rings is 1. The van der Waals surface area contributed by atoms with Crippen molar-refractivity contribution in [2.24, 2.45) is 5.16 Å². The standard InChI is InChI=1S/C57H71N5O8/c1-40-20-16-22-44(23-17-21-42(59-69-39-53(66)61-32-13-7-14-33-61)36-41-37-43(63)38-49(64)54(41)55(67)70-40)68-35-19-31-58-52(65)30-12-15-34-62-48-27-11-9-25-46(48)57(4,5)51(62)29-18-28-50-56(2,3)45-24-8-10-26-47(45)60(50)6/h8-11,16-18,21-22,24-29,37-38,40,44H,7,12-15,19-20,23,30-36,39H2,1-6H3,(H2-,58,63,64,65,67)/p+1/b21-17+,22-16+,59-42?/t40-,44-/m1/s1. The largest absolute Gasteiger partial charge is 0.508 e. The average molecular weight is 955 g/mol. The highest BCUT2D eigenvalue weighted by Gasteiger charge is 2.43. The Balaban J connectivity index is 0.910. The smallest absolute Gasteiger partial charge is 0.342 e. The maximum absolute atomic E-state index is 13.3. The number of esters is 1. The molecule has 3 aromatic rings. The number of oxime groups is 1. The molecule has 4 heterocycles. The lowest BCUT2D eigenvalue weighted by Gasteiger charge is -2.27. The zero-order valence-electron chi connectivity index (χ0n) is 41.9. The van der Waals surface area contributed by atoms with Crippen molar-refractivity contribution in [2.45, 2.75) is 122 Å². The summed E-state index contributed by atoms with van der Waals surface area (Å²) in [5.41, 5.74) is 7.91. The van der Waals surface area contributed by atoms with Gasteiger partial charge >= 0.3 is 5.97 Å². The van der Waals surface area contributed by atoms with Crippen molar-refractivity contribution in [1.29, 1.82) is 0 Å². The number of unbranched alkanes of at least 4 members (excludes halogenated alkanes) is 1. The van der Waals surface area contributed by atoms with Crippen LogP contribution < -0.4 is 10.2 Å². The van der Waals surface area contributed by atoms with Gasteiger partial charge in [0.2, 0.25) is 11.6 Å². The molecular formula is C57H72N5O8+. The van der Waals surface area contributed by atoms with Crippen molar-refractivity contribution < 1.29 is 43.5 Å². The zero-order chi connectivity index (χ0) is 49.8. The number of fused-ring (bicyclic) bond motifs is 3. The summed E-state index contributed by atoms with van der Waals surface area (Å²) < 4.78 is 14.3. The molecule has 7 rings (SSSR count). The van der Waals surface area contributed by atoms with Crippen LogP contribution in [0.25, 0.3) is 0 Å². The first-order chi connectivity index (χ1) is 33.6. The number of carbonyl (C=O) groups is 3. The molecule has 13 heteroatoms. The molecule has 4 aliphatic rings. The Morgan fingerprint density at radius 2 is 1.70 bits per heavy atom. The van der Waals surface area contributed by atoms with E-state index in [1.54, 1.807) is 17.9 Å². The van der Waals surface area contributed by atoms with Crippen LogP contribution in [0.3, 0.4) is 0 Å². The number of phenols is 2. The second-order valence-electron chi connectivity index (χ2n) is 19.9. The highest BCUT2D eigenvalue weighted by atomic mass is 16.6. The number of nitrogens with one attached hydrogen (secondary N) is 1. The first-order valence-electron chi connectivity index (χ1n) is 25.1. The van der Waals surface area contributed by atoms with Crippen molar-refractivity contribution in [3.8, 4) is 11.5 Å². The monoisotopic (exact) mass is 955 g/mol. The van der Waals surface area contributed by atoms with Crippen LogP contribution in [0.1, 0.15) is 119 Å². The van der Waals surface area contributed by atoms with Crippen molar-refractivity contribution in [3.05, 3.63) is 131 Å². The van der Waals surface area contributed by atoms with Gasteiger partial charge in [-0.05, 0) is 101 Å². The summed E-state index contributed by atoms with van der Waals surface area (Å²) >= 11 is 0. The summed E-state index contributed by atoms with van der Waals surface area (Å²) in [6, 6.07) is 19.7. The number of allylic oxidation sites excluding steroid dienone is 5. The summed E-state index contributed by atoms with van der Waals surface area (Å²) in [6.45, 7) is 13.7. The van der Waals surface area contributed by atoms with E-state index in [-0.39, 0.29) is 53.1 Å². The number of likely N-dealkylation sites (tertiary alicyclic amines) is 1. The lowest BCUT2D eigenvalue weighted by Crippen LogP contribution is -2.37. The van der Waals surface area contributed by atoms with Crippen molar-refractivity contribution in [2.75, 3.05) is 51.3 Å². The number of amides is 2. The van der Waals surface area contributed by atoms with E-state index < -0.39 is 17.8 Å². The average Bonchev–Trinajstić information content (AvgIpc) is 3.66. The maximum atomic E-state index is 13.3. The molecule has 0 spiro atoms. The highest BCUT2D eigenvalue weighted by molar-refractivity contribution is 6.03. The molecular weight excluding hydrogens is 883 g/mol. The van der Waals surface area contributed by atoms with Gasteiger partial charge in [0.25, 0.3) is 5.91 Å². The second kappa shape index (κ2) is 23.4. The number of benzene rings is 3. The molecule has 0 radical (unpaired) electrons. The fraction of sp³-hybridized carbons (Fsp3) is 0.456. The lowest BCUT2D eigenvalue weighted by molar-refractivity contribution is -0.401. The molecule has 1 fully saturated rings. The molecule has 2 amide bonds. The SMILES string of the molecule is C[C@@H]1C/C=C/[C@@H](OCCCNC(=O)CCCCN2/C(=C\C=C\C3=[N+](C)c4ccccc4C3(C)C)C(C)(C)c3ccccc32)C/C=C/C(=NOCC(=O)N2CCCCC2)Cc2cc(O)cc(O)c2C(=O)O1. The molecule has 0 aliphatic carbocycles. The molecule has 2 atom stereocenters. The molecule has 4 aliphatic heterocycles. The first-order valence-corrected chi connectivity index (χ1v) is 25.1. The maximum Gasteiger partial charge on any atom is 0.342 e. The predicted molar refractivity (Wildman–Crippen MR) is 275 cm³/mol. The molecule has 70 heavy (non-hydrogen) atoms. The predicted octanol–water partition coefficient (Wildman–Crippen LogP) is 9.48. The van der Waals surface area contributed by atoms with Gasteiger partial charge in [-0.2, -0.15) is 4.58 Å². The highest BCUT2D eigenvalue weighted by Crippen LogP contribution is 2.48. The number of rotatable bonds is 15. The van der Waals surface area contributed by atoms with Crippen LogP contribution >= 0.6 is 0 Å². The van der Waals surface area contributed by atoms with Crippen molar-refractivity contribution >= 4 is 40.6 Å². The third-order valence-corrected chi connectivity index (χ3v) is 13.9. The zero-order valence-corrected chi connectivity index (χ0v) is 41.9. The number of nitrogens with zero attached hydrogens (tertiary/aromatic N) is 4. The molecule has 3 aromatic carbocycles. The van der Waals surface area contributed by atoms with E-state index in [1.165, 1.54) is 40.0 Å². The van der Waals surface area contributed by atoms with E-state index in [1.807, 2.05) is 18.2 Å². The van der Waals surface area contributed by atoms with Crippen LogP contribution in [-0.2, 0) is 41.2 Å². The Kier molecular flexibility index (Phi) is 17.2. The van der Waals surface area contributed by atoms with Gasteiger partial charge in [0, 0.05) is 92.6 Å². The number of aromatic hydroxyl groups is 2. The van der Waals surface area contributed by atoms with Crippen LogP contribution in [0.15, 0.2) is 114 Å². The van der Waals surface area contributed by atoms with E-state index >= 15 is 0 Å². The van der Waals surface area contributed by atoms with E-state index in [0.717, 1.165) is 44.7 Å². The molecule has 0 unspecified atom stereocenters. The van der Waals surface area contributed by atoms with Crippen LogP contribution in [0.2, 0.25) is 0 Å². The van der Waals surface area contributed by atoms with Gasteiger partial charge in [0.1, 0.15) is 30.2 Å². The topological polar surface area (TPSA) is 153 Å². The molecule has 372 valence electrons. The number of ether oxygens (including phenoxy) is 2. The van der Waals surface area contributed by atoms with E-state index in [4.69, 9.17) is 14.3 Å². The number of para-hydroxylation sites is 2. The second-order valence-corrected chi connectivity index (χ2v) is 19.9. The fourth-order valence-electron chi connectivity index (χ4n) is 10.1. The Hall–Kier alpha value is -6.47. The van der Waals surface area contributed by atoms with E-state index in [0.29, 0.717) is 63.2 Å². The van der Waals surface area contributed by atoms with Crippen molar-refractivity contribution in [3.63, 3.8) is 0 Å². The third-order valence-electron chi connectivity index (χ3n) is 13.9. The quantitative estimate of drug-likeness (QED) is 0.0445. The summed E-state index contributed by atoms with van der Waals surface area (Å²) in [6.07, 6.45) is 19.9. The lowest BCUT2D eigenvalue weighted by atomic mass is 9.81. The number of anilines is 1. The molecule has 13 nitrogen and oxygen atoms in total. The molecule has 0 saturated carbocycles. The number of hydrogen-bond donors (Lipinski definition) is 3. The molecule has 3 N–H and O–H groups in total. The van der Waals surface area contributed by atoms with Crippen LogP contribution in [0.5, 0.6) is 11.5 Å². The minimum absolute atomic E-state index is 0.00315. The fourth-order valence-corrected chi connectivity index (χ4v) is 10.1. The Morgan fingerprint density at radius 3 is 2.49 bits per heavy atom. The van der Waals surface area contributed by atoms with Gasteiger partial charge in [-0.25, -0.2) is 4.79 Å². The summed E-state index contributed by atoms with van der Waals surface area (Å²) in [4.78, 5) is 48.9. The van der Waals surface area contributed by atoms with Crippen LogP contribution in [0.4, 0.5) is 11.4 Å². The Labute approximate surface area is 413 Å². The minimum Gasteiger partial charge on any atom is -0.508 e. The van der Waals surface area contributed by atoms with Gasteiger partial charge in [0.15, 0.2) is 12.3 Å². The third kappa shape index (κ3) is 12.5. The molecule has 0 bridgehead atoms. The van der Waals surface area contributed by atoms with Crippen LogP contribution in [0, 0.1) is 0 Å². The van der Waals surface area contributed by atoms with Gasteiger partial charge in [-0.15, -0.1) is 0 Å². The molecule has 1 saturated heterocycles. The normalized spacial score (nSPS) is 22.1. The van der Waals surface area contributed by atoms with Gasteiger partial charge in [0.05, 0.1) is 17.2 Å². The molecule has 0 aromatic heterocycles. The van der Waals surface area contributed by atoms with Gasteiger partial charge in [-0.1, -0.05) is 79.7 Å². The number of hydrogen-bond acceptors (Lipinski definition) is 10. The van der Waals surface area contributed by atoms with Gasteiger partial charge < -0.3 is 39.6 Å².